The largest absolute Gasteiger partial charge is 0.394 e. The van der Waals surface area contributed by atoms with Gasteiger partial charge < -0.3 is 40.3 Å². The third kappa shape index (κ3) is 21.4. The second-order valence-electron chi connectivity index (χ2n) is 13.4. The summed E-state index contributed by atoms with van der Waals surface area (Å²) < 4.78 is 11.1. The Morgan fingerprint density at radius 3 is 1.77 bits per heavy atom. The molecule has 1 aliphatic rings. The van der Waals surface area contributed by atoms with Gasteiger partial charge >= 0.3 is 0 Å². The molecular formula is C38H71NO8. The van der Waals surface area contributed by atoms with Crippen molar-refractivity contribution in [1.82, 2.24) is 5.32 Å². The van der Waals surface area contributed by atoms with E-state index in [2.05, 4.69) is 25.2 Å². The van der Waals surface area contributed by atoms with Crippen LogP contribution in [-0.2, 0) is 14.3 Å². The van der Waals surface area contributed by atoms with E-state index in [9.17, 15) is 30.3 Å². The van der Waals surface area contributed by atoms with Crippen molar-refractivity contribution in [2.75, 3.05) is 13.2 Å². The normalized spacial score (nSPS) is 23.1. The lowest BCUT2D eigenvalue weighted by Gasteiger charge is -2.40. The lowest BCUT2D eigenvalue weighted by molar-refractivity contribution is -0.302. The smallest absolute Gasteiger partial charge is 0.220 e. The van der Waals surface area contributed by atoms with Crippen molar-refractivity contribution in [2.45, 2.75) is 198 Å². The van der Waals surface area contributed by atoms with Gasteiger partial charge in [-0.2, -0.15) is 0 Å². The van der Waals surface area contributed by atoms with Crippen molar-refractivity contribution in [3.63, 3.8) is 0 Å². The highest BCUT2D eigenvalue weighted by atomic mass is 16.7. The van der Waals surface area contributed by atoms with E-state index in [1.807, 2.05) is 6.08 Å². The number of amides is 1. The summed E-state index contributed by atoms with van der Waals surface area (Å²) >= 11 is 0. The number of carbonyl (C=O) groups is 1. The maximum absolute atomic E-state index is 12.8. The topological polar surface area (TPSA) is 149 Å². The van der Waals surface area contributed by atoms with Crippen LogP contribution in [0.25, 0.3) is 0 Å². The van der Waals surface area contributed by atoms with E-state index < -0.39 is 49.5 Å². The van der Waals surface area contributed by atoms with Crippen LogP contribution in [0.3, 0.4) is 0 Å². The van der Waals surface area contributed by atoms with Crippen molar-refractivity contribution in [3.05, 3.63) is 24.3 Å². The number of hydrogen-bond donors (Lipinski definition) is 6. The minimum absolute atomic E-state index is 0.197. The molecule has 1 rings (SSSR count). The first-order valence-corrected chi connectivity index (χ1v) is 19.1. The Morgan fingerprint density at radius 2 is 1.23 bits per heavy atom. The Balaban J connectivity index is 2.49. The van der Waals surface area contributed by atoms with Crippen molar-refractivity contribution >= 4 is 5.91 Å². The predicted molar refractivity (Wildman–Crippen MR) is 189 cm³/mol. The fraction of sp³-hybridized carbons (Fsp3) is 0.868. The van der Waals surface area contributed by atoms with Crippen LogP contribution >= 0.6 is 0 Å². The zero-order valence-corrected chi connectivity index (χ0v) is 29.8. The Labute approximate surface area is 286 Å². The summed E-state index contributed by atoms with van der Waals surface area (Å²) in [5.74, 6) is -0.197. The van der Waals surface area contributed by atoms with Crippen LogP contribution in [0.5, 0.6) is 0 Å². The molecular weight excluding hydrogens is 598 g/mol. The first kappa shape index (κ1) is 43.7. The minimum Gasteiger partial charge on any atom is -0.394 e. The van der Waals surface area contributed by atoms with E-state index in [4.69, 9.17) is 9.47 Å². The van der Waals surface area contributed by atoms with Gasteiger partial charge in [0.05, 0.1) is 25.4 Å². The molecule has 2 unspecified atom stereocenters. The maximum atomic E-state index is 12.8. The number of carbonyl (C=O) groups excluding carboxylic acids is 1. The molecule has 0 saturated carbocycles. The van der Waals surface area contributed by atoms with Gasteiger partial charge in [0, 0.05) is 6.42 Å². The predicted octanol–water partition coefficient (Wildman–Crippen LogP) is 6.38. The molecule has 1 saturated heterocycles. The zero-order valence-electron chi connectivity index (χ0n) is 29.8. The quantitative estimate of drug-likeness (QED) is 0.0381. The van der Waals surface area contributed by atoms with Gasteiger partial charge in [-0.15, -0.1) is 0 Å². The molecule has 0 radical (unpaired) electrons. The third-order valence-corrected chi connectivity index (χ3v) is 9.08. The number of ether oxygens (including phenoxy) is 2. The monoisotopic (exact) mass is 670 g/mol. The van der Waals surface area contributed by atoms with Gasteiger partial charge in [-0.1, -0.05) is 154 Å². The van der Waals surface area contributed by atoms with Crippen LogP contribution in [0.1, 0.15) is 155 Å². The fourth-order valence-corrected chi connectivity index (χ4v) is 5.92. The van der Waals surface area contributed by atoms with Gasteiger partial charge in [0.2, 0.25) is 5.91 Å². The highest BCUT2D eigenvalue weighted by Crippen LogP contribution is 2.22. The summed E-state index contributed by atoms with van der Waals surface area (Å²) in [5.41, 5.74) is 0. The Kier molecular flexibility index (Phi) is 27.5. The maximum Gasteiger partial charge on any atom is 0.220 e. The number of rotatable bonds is 30. The number of nitrogens with one attached hydrogen (secondary N) is 1. The highest BCUT2D eigenvalue weighted by molar-refractivity contribution is 5.76. The summed E-state index contributed by atoms with van der Waals surface area (Å²) in [7, 11) is 0. The van der Waals surface area contributed by atoms with E-state index >= 15 is 0 Å². The molecule has 1 heterocycles. The summed E-state index contributed by atoms with van der Waals surface area (Å²) in [4.78, 5) is 12.8. The first-order chi connectivity index (χ1) is 22.8. The lowest BCUT2D eigenvalue weighted by Crippen LogP contribution is -2.60. The molecule has 1 fully saturated rings. The zero-order chi connectivity index (χ0) is 34.5. The van der Waals surface area contributed by atoms with Crippen LogP contribution in [-0.4, -0.2) is 87.5 Å². The number of aliphatic hydroxyl groups excluding tert-OH is 5. The molecule has 7 atom stereocenters. The van der Waals surface area contributed by atoms with Gasteiger partial charge in [-0.25, -0.2) is 0 Å². The number of hydrogen-bond acceptors (Lipinski definition) is 8. The average molecular weight is 670 g/mol. The molecule has 0 aromatic carbocycles. The van der Waals surface area contributed by atoms with Gasteiger partial charge in [-0.3, -0.25) is 4.79 Å². The Hall–Kier alpha value is -1.33. The summed E-state index contributed by atoms with van der Waals surface area (Å²) in [6.07, 6.45) is 25.2. The molecule has 47 heavy (non-hydrogen) atoms. The Bertz CT molecular complexity index is 792. The molecule has 1 aliphatic heterocycles. The van der Waals surface area contributed by atoms with Crippen LogP contribution in [0.2, 0.25) is 0 Å². The molecule has 0 aromatic rings. The van der Waals surface area contributed by atoms with Crippen LogP contribution in [0.15, 0.2) is 24.3 Å². The number of unbranched alkanes of at least 4 members (excludes halogenated alkanes) is 19. The summed E-state index contributed by atoms with van der Waals surface area (Å²) in [5, 5.41) is 53.7. The minimum atomic E-state index is -1.57. The standard InChI is InChI=1S/C38H71NO8/c1-3-5-7-9-11-13-15-16-18-20-22-24-26-28-34(42)39-31(30-46-38-37(45)36(44)35(43)33(29-40)47-38)32(41)27-25-23-21-19-17-14-12-10-8-6-4-2/h21,23,25,27,31-33,35-38,40-41,43-45H,3-20,22,24,26,28-30H2,1-2H3,(H,39,42)/b23-21+,27-25+/t31-,32+,33-,35-,36?,37?,38-/m0/s1. The van der Waals surface area contributed by atoms with Crippen molar-refractivity contribution < 1.29 is 39.8 Å². The molecule has 0 spiro atoms. The molecule has 0 aromatic heterocycles. The molecule has 0 aliphatic carbocycles. The molecule has 9 nitrogen and oxygen atoms in total. The van der Waals surface area contributed by atoms with E-state index in [0.717, 1.165) is 32.1 Å². The second-order valence-corrected chi connectivity index (χ2v) is 13.4. The van der Waals surface area contributed by atoms with Gasteiger partial charge in [0.25, 0.3) is 0 Å². The molecule has 1 amide bonds. The molecule has 9 heteroatoms. The van der Waals surface area contributed by atoms with E-state index in [0.29, 0.717) is 6.42 Å². The highest BCUT2D eigenvalue weighted by Gasteiger charge is 2.44. The van der Waals surface area contributed by atoms with Crippen LogP contribution in [0, 0.1) is 0 Å². The molecule has 0 bridgehead atoms. The van der Waals surface area contributed by atoms with Gasteiger partial charge in [-0.05, 0) is 19.3 Å². The van der Waals surface area contributed by atoms with Gasteiger partial charge in [0.15, 0.2) is 6.29 Å². The van der Waals surface area contributed by atoms with Gasteiger partial charge in [0.1, 0.15) is 24.4 Å². The third-order valence-electron chi connectivity index (χ3n) is 9.08. The number of allylic oxidation sites excluding steroid dienone is 3. The summed E-state index contributed by atoms with van der Waals surface area (Å²) in [6.45, 7) is 3.69. The average Bonchev–Trinajstić information content (AvgIpc) is 3.07. The SMILES string of the molecule is CCCCCCCCC/C=C/C=C/[C@@H](O)[C@H](CO[C@H]1O[C@@H](CO)[C@H](O)C(O)C1O)NC(=O)CCCCCCCCCCCCCCC. The second kappa shape index (κ2) is 29.6. The molecule has 6 N–H and O–H groups in total. The van der Waals surface area contributed by atoms with E-state index in [1.165, 1.54) is 103 Å². The van der Waals surface area contributed by atoms with Crippen molar-refractivity contribution in [3.8, 4) is 0 Å². The van der Waals surface area contributed by atoms with E-state index in [-0.39, 0.29) is 12.5 Å². The lowest BCUT2D eigenvalue weighted by atomic mass is 9.99. The van der Waals surface area contributed by atoms with Crippen molar-refractivity contribution in [2.24, 2.45) is 0 Å². The van der Waals surface area contributed by atoms with Crippen molar-refractivity contribution in [1.29, 1.82) is 0 Å². The Morgan fingerprint density at radius 1 is 0.723 bits per heavy atom. The van der Waals surface area contributed by atoms with E-state index in [1.54, 1.807) is 12.2 Å². The van der Waals surface area contributed by atoms with Crippen LogP contribution < -0.4 is 5.32 Å². The van der Waals surface area contributed by atoms with Crippen LogP contribution in [0.4, 0.5) is 0 Å². The first-order valence-electron chi connectivity index (χ1n) is 19.1. The fourth-order valence-electron chi connectivity index (χ4n) is 5.92. The summed E-state index contributed by atoms with van der Waals surface area (Å²) in [6, 6.07) is -0.829. The molecule has 276 valence electrons. The number of aliphatic hydroxyl groups is 5.